The Hall–Kier alpha value is -1.74. The lowest BCUT2D eigenvalue weighted by atomic mass is 9.98. The van der Waals surface area contributed by atoms with E-state index in [0.29, 0.717) is 16.8 Å². The molecule has 1 aromatic heterocycles. The van der Waals surface area contributed by atoms with Crippen molar-refractivity contribution in [3.05, 3.63) is 64.7 Å². The van der Waals surface area contributed by atoms with Gasteiger partial charge in [-0.05, 0) is 26.0 Å². The molecule has 0 aliphatic rings. The Bertz CT molecular complexity index is 539. The lowest BCUT2D eigenvalue weighted by Gasteiger charge is -2.14. The SMILES string of the molecule is Cc1ccc(F)c(C(O)c2cccnc2C)c1. The van der Waals surface area contributed by atoms with Crippen LogP contribution < -0.4 is 0 Å². The molecule has 0 spiro atoms. The molecule has 1 aromatic carbocycles. The van der Waals surface area contributed by atoms with Crippen LogP contribution in [0.2, 0.25) is 0 Å². The molecule has 0 bridgehead atoms. The number of aryl methyl sites for hydroxylation is 2. The van der Waals surface area contributed by atoms with Crippen LogP contribution in [-0.4, -0.2) is 10.1 Å². The van der Waals surface area contributed by atoms with Gasteiger partial charge in [-0.25, -0.2) is 4.39 Å². The standard InChI is InChI=1S/C14H14FNO/c1-9-5-6-13(15)12(8-9)14(17)11-4-3-7-16-10(11)2/h3-8,14,17H,1-2H3. The summed E-state index contributed by atoms with van der Waals surface area (Å²) < 4.78 is 13.7. The summed E-state index contributed by atoms with van der Waals surface area (Å²) in [4.78, 5) is 4.10. The van der Waals surface area contributed by atoms with Gasteiger partial charge in [-0.15, -0.1) is 0 Å². The molecule has 0 saturated carbocycles. The van der Waals surface area contributed by atoms with Gasteiger partial charge in [0.05, 0.1) is 0 Å². The van der Waals surface area contributed by atoms with Crippen molar-refractivity contribution in [3.8, 4) is 0 Å². The minimum atomic E-state index is -0.969. The molecule has 1 heterocycles. The molecule has 1 N–H and O–H groups in total. The van der Waals surface area contributed by atoms with Crippen LogP contribution >= 0.6 is 0 Å². The van der Waals surface area contributed by atoms with Gasteiger partial charge in [0.15, 0.2) is 0 Å². The first-order valence-corrected chi connectivity index (χ1v) is 5.45. The zero-order valence-electron chi connectivity index (χ0n) is 9.81. The predicted molar refractivity (Wildman–Crippen MR) is 64.2 cm³/mol. The summed E-state index contributed by atoms with van der Waals surface area (Å²) >= 11 is 0. The average Bonchev–Trinajstić information content (AvgIpc) is 2.32. The number of pyridine rings is 1. The van der Waals surface area contributed by atoms with Crippen LogP contribution in [0.25, 0.3) is 0 Å². The minimum absolute atomic E-state index is 0.293. The van der Waals surface area contributed by atoms with Crippen molar-refractivity contribution in [2.75, 3.05) is 0 Å². The van der Waals surface area contributed by atoms with Crippen LogP contribution in [0.1, 0.15) is 28.5 Å². The number of aromatic nitrogens is 1. The van der Waals surface area contributed by atoms with E-state index in [9.17, 15) is 9.50 Å². The monoisotopic (exact) mass is 231 g/mol. The van der Waals surface area contributed by atoms with Gasteiger partial charge in [0.1, 0.15) is 11.9 Å². The highest BCUT2D eigenvalue weighted by atomic mass is 19.1. The fourth-order valence-corrected chi connectivity index (χ4v) is 1.83. The summed E-state index contributed by atoms with van der Waals surface area (Å²) in [5, 5.41) is 10.2. The van der Waals surface area contributed by atoms with Crippen molar-refractivity contribution >= 4 is 0 Å². The van der Waals surface area contributed by atoms with E-state index in [0.717, 1.165) is 5.56 Å². The maximum Gasteiger partial charge on any atom is 0.129 e. The van der Waals surface area contributed by atoms with Crippen LogP contribution in [-0.2, 0) is 0 Å². The quantitative estimate of drug-likeness (QED) is 0.862. The van der Waals surface area contributed by atoms with E-state index < -0.39 is 11.9 Å². The van der Waals surface area contributed by atoms with E-state index in [1.54, 1.807) is 37.4 Å². The zero-order valence-corrected chi connectivity index (χ0v) is 9.81. The Kier molecular flexibility index (Phi) is 3.20. The second-order valence-electron chi connectivity index (χ2n) is 4.11. The van der Waals surface area contributed by atoms with E-state index in [1.165, 1.54) is 6.07 Å². The van der Waals surface area contributed by atoms with E-state index in [1.807, 2.05) is 6.92 Å². The fourth-order valence-electron chi connectivity index (χ4n) is 1.83. The Labute approximate surface area is 99.8 Å². The van der Waals surface area contributed by atoms with Crippen LogP contribution in [0, 0.1) is 19.7 Å². The number of rotatable bonds is 2. The lowest BCUT2D eigenvalue weighted by Crippen LogP contribution is -2.05. The van der Waals surface area contributed by atoms with Crippen LogP contribution in [0.4, 0.5) is 4.39 Å². The number of benzene rings is 1. The molecule has 2 aromatic rings. The molecule has 0 aliphatic heterocycles. The zero-order chi connectivity index (χ0) is 12.4. The van der Waals surface area contributed by atoms with E-state index in [-0.39, 0.29) is 0 Å². The Morgan fingerprint density at radius 2 is 1.94 bits per heavy atom. The summed E-state index contributed by atoms with van der Waals surface area (Å²) in [5.74, 6) is -0.397. The molecule has 0 radical (unpaired) electrons. The molecular formula is C14H14FNO. The number of aliphatic hydroxyl groups is 1. The fraction of sp³-hybridized carbons (Fsp3) is 0.214. The molecule has 0 saturated heterocycles. The summed E-state index contributed by atoms with van der Waals surface area (Å²) in [6.45, 7) is 3.66. The topological polar surface area (TPSA) is 33.1 Å². The normalized spacial score (nSPS) is 12.5. The van der Waals surface area contributed by atoms with Crippen molar-refractivity contribution in [1.29, 1.82) is 0 Å². The first-order chi connectivity index (χ1) is 8.09. The number of halogens is 1. The summed E-state index contributed by atoms with van der Waals surface area (Å²) in [6.07, 6.45) is 0.682. The highest BCUT2D eigenvalue weighted by Gasteiger charge is 2.17. The summed E-state index contributed by atoms with van der Waals surface area (Å²) in [6, 6.07) is 8.21. The molecule has 17 heavy (non-hydrogen) atoms. The smallest absolute Gasteiger partial charge is 0.129 e. The van der Waals surface area contributed by atoms with Gasteiger partial charge in [-0.3, -0.25) is 4.98 Å². The van der Waals surface area contributed by atoms with Crippen LogP contribution in [0.15, 0.2) is 36.5 Å². The van der Waals surface area contributed by atoms with Crippen molar-refractivity contribution < 1.29 is 9.50 Å². The van der Waals surface area contributed by atoms with Gasteiger partial charge in [0, 0.05) is 23.0 Å². The van der Waals surface area contributed by atoms with Gasteiger partial charge in [-0.1, -0.05) is 23.8 Å². The van der Waals surface area contributed by atoms with Crippen molar-refractivity contribution in [2.24, 2.45) is 0 Å². The number of aliphatic hydroxyl groups excluding tert-OH is 1. The Morgan fingerprint density at radius 1 is 1.18 bits per heavy atom. The third kappa shape index (κ3) is 2.34. The van der Waals surface area contributed by atoms with Gasteiger partial charge in [0.25, 0.3) is 0 Å². The maximum atomic E-state index is 13.7. The molecule has 2 rings (SSSR count). The third-order valence-corrected chi connectivity index (χ3v) is 2.79. The summed E-state index contributed by atoms with van der Waals surface area (Å²) in [5.41, 5.74) is 2.56. The van der Waals surface area contributed by atoms with Gasteiger partial charge >= 0.3 is 0 Å². The van der Waals surface area contributed by atoms with E-state index in [2.05, 4.69) is 4.98 Å². The molecule has 0 fully saturated rings. The third-order valence-electron chi connectivity index (χ3n) is 2.79. The number of nitrogens with zero attached hydrogens (tertiary/aromatic N) is 1. The molecule has 88 valence electrons. The molecule has 1 unspecified atom stereocenters. The van der Waals surface area contributed by atoms with Crippen LogP contribution in [0.5, 0.6) is 0 Å². The van der Waals surface area contributed by atoms with Gasteiger partial charge in [-0.2, -0.15) is 0 Å². The van der Waals surface area contributed by atoms with Gasteiger partial charge < -0.3 is 5.11 Å². The first kappa shape index (κ1) is 11.7. The first-order valence-electron chi connectivity index (χ1n) is 5.45. The highest BCUT2D eigenvalue weighted by molar-refractivity contribution is 5.34. The Morgan fingerprint density at radius 3 is 2.65 bits per heavy atom. The molecule has 1 atom stereocenters. The molecule has 0 amide bonds. The lowest BCUT2D eigenvalue weighted by molar-refractivity contribution is 0.213. The second kappa shape index (κ2) is 4.63. The minimum Gasteiger partial charge on any atom is -0.383 e. The summed E-state index contributed by atoms with van der Waals surface area (Å²) in [7, 11) is 0. The van der Waals surface area contributed by atoms with E-state index in [4.69, 9.17) is 0 Å². The average molecular weight is 231 g/mol. The number of hydrogen-bond donors (Lipinski definition) is 1. The maximum absolute atomic E-state index is 13.7. The molecule has 0 aliphatic carbocycles. The second-order valence-corrected chi connectivity index (χ2v) is 4.11. The molecule has 3 heteroatoms. The molecular weight excluding hydrogens is 217 g/mol. The Balaban J connectivity index is 2.47. The number of hydrogen-bond acceptors (Lipinski definition) is 2. The highest BCUT2D eigenvalue weighted by Crippen LogP contribution is 2.26. The largest absolute Gasteiger partial charge is 0.383 e. The van der Waals surface area contributed by atoms with Crippen molar-refractivity contribution in [3.63, 3.8) is 0 Å². The van der Waals surface area contributed by atoms with Crippen LogP contribution in [0.3, 0.4) is 0 Å². The van der Waals surface area contributed by atoms with Gasteiger partial charge in [0.2, 0.25) is 0 Å². The predicted octanol–water partition coefficient (Wildman–Crippen LogP) is 2.92. The van der Waals surface area contributed by atoms with Crippen molar-refractivity contribution in [1.82, 2.24) is 4.98 Å². The van der Waals surface area contributed by atoms with Crippen molar-refractivity contribution in [2.45, 2.75) is 20.0 Å². The van der Waals surface area contributed by atoms with E-state index >= 15 is 0 Å². The molecule has 2 nitrogen and oxygen atoms in total.